The number of rotatable bonds is 6. The third-order valence-electron chi connectivity index (χ3n) is 8.34. The van der Waals surface area contributed by atoms with E-state index in [4.69, 9.17) is 13.9 Å². The highest BCUT2D eigenvalue weighted by Crippen LogP contribution is 2.41. The lowest BCUT2D eigenvalue weighted by atomic mass is 9.97. The summed E-state index contributed by atoms with van der Waals surface area (Å²) >= 11 is 0. The van der Waals surface area contributed by atoms with Crippen LogP contribution in [0.2, 0.25) is 0 Å². The van der Waals surface area contributed by atoms with Crippen molar-refractivity contribution >= 4 is 44.9 Å². The van der Waals surface area contributed by atoms with Crippen LogP contribution in [0.15, 0.2) is 46.9 Å². The van der Waals surface area contributed by atoms with E-state index < -0.39 is 42.2 Å². The summed E-state index contributed by atoms with van der Waals surface area (Å²) < 4.78 is 104. The molecule has 0 aliphatic carbocycles. The molecule has 248 valence electrons. The Kier molecular flexibility index (Phi) is 7.33. The average Bonchev–Trinajstić information content (AvgIpc) is 3.69. The SMILES string of the molecule is C[C@H]1COCC[C@@H]1n1c(O[C@H]2C[C@@H](C(=O)O)N(c3nc(C(F)(F)F)nc4c3oc3ccccc34)C2)nc2cc(OC(F)(F)F)ccc21. The van der Waals surface area contributed by atoms with E-state index in [1.54, 1.807) is 22.8 Å². The molecule has 0 bridgehead atoms. The fourth-order valence-corrected chi connectivity index (χ4v) is 6.31. The van der Waals surface area contributed by atoms with Crippen molar-refractivity contribution in [2.24, 2.45) is 5.92 Å². The molecule has 0 radical (unpaired) electrons. The van der Waals surface area contributed by atoms with Crippen LogP contribution in [0.5, 0.6) is 11.8 Å². The van der Waals surface area contributed by atoms with Crippen molar-refractivity contribution in [2.45, 2.75) is 50.5 Å². The number of carboxylic acids is 1. The largest absolute Gasteiger partial charge is 0.573 e. The molecule has 1 N–H and O–H groups in total. The van der Waals surface area contributed by atoms with Crippen LogP contribution < -0.4 is 14.4 Å². The summed E-state index contributed by atoms with van der Waals surface area (Å²) in [5.74, 6) is -3.71. The van der Waals surface area contributed by atoms with Gasteiger partial charge in [-0.1, -0.05) is 19.1 Å². The standard InChI is InChI=1S/C30H25F6N5O6/c1-14-13-44-9-8-19(14)41-20-7-6-15(47-30(34,35)36)10-18(20)37-28(41)45-16-11-21(26(42)43)40(12-16)25-24-23(38-27(39-25)29(31,32)33)17-4-2-3-5-22(17)46-24/h2-7,10,14,16,19,21H,8-9,11-13H2,1H3,(H,42,43)/t14-,16-,19-,21-/m0/s1. The molecule has 0 spiro atoms. The molecular formula is C30H25F6N5O6. The fourth-order valence-electron chi connectivity index (χ4n) is 6.31. The number of aliphatic carboxylic acids is 1. The van der Waals surface area contributed by atoms with Gasteiger partial charge in [0.25, 0.3) is 6.01 Å². The first-order valence-electron chi connectivity index (χ1n) is 14.5. The molecule has 5 heterocycles. The lowest BCUT2D eigenvalue weighted by Gasteiger charge is -2.31. The number of fused-ring (bicyclic) bond motifs is 4. The molecule has 2 aromatic carbocycles. The minimum absolute atomic E-state index is 0.00597. The number of hydrogen-bond donors (Lipinski definition) is 1. The molecule has 2 aliphatic rings. The lowest BCUT2D eigenvalue weighted by Crippen LogP contribution is -2.37. The Morgan fingerprint density at radius 1 is 1.06 bits per heavy atom. The Bertz CT molecular complexity index is 1990. The predicted octanol–water partition coefficient (Wildman–Crippen LogP) is 6.35. The second-order valence-electron chi connectivity index (χ2n) is 11.5. The topological polar surface area (TPSA) is 125 Å². The van der Waals surface area contributed by atoms with Crippen LogP contribution in [-0.4, -0.2) is 68.9 Å². The summed E-state index contributed by atoms with van der Waals surface area (Å²) in [5.41, 5.74) is 0.585. The van der Waals surface area contributed by atoms with Crippen molar-refractivity contribution in [3.8, 4) is 11.8 Å². The number of furan rings is 1. The molecule has 47 heavy (non-hydrogen) atoms. The van der Waals surface area contributed by atoms with E-state index in [1.807, 2.05) is 6.92 Å². The highest BCUT2D eigenvalue weighted by Gasteiger charge is 2.44. The molecule has 11 nitrogen and oxygen atoms in total. The Balaban J connectivity index is 1.29. The van der Waals surface area contributed by atoms with E-state index in [2.05, 4.69) is 19.7 Å². The van der Waals surface area contributed by atoms with E-state index in [1.165, 1.54) is 17.0 Å². The Hall–Kier alpha value is -4.80. The Morgan fingerprint density at radius 2 is 1.85 bits per heavy atom. The number of aromatic nitrogens is 4. The summed E-state index contributed by atoms with van der Waals surface area (Å²) in [6.07, 6.45) is -10.5. The molecular weight excluding hydrogens is 640 g/mol. The maximum atomic E-state index is 14.0. The van der Waals surface area contributed by atoms with Gasteiger partial charge in [0, 0.05) is 36.4 Å². The molecule has 0 unspecified atom stereocenters. The maximum absolute atomic E-state index is 14.0. The maximum Gasteiger partial charge on any atom is 0.573 e. The van der Waals surface area contributed by atoms with E-state index >= 15 is 0 Å². The van der Waals surface area contributed by atoms with E-state index in [-0.39, 0.29) is 59.0 Å². The van der Waals surface area contributed by atoms with Gasteiger partial charge in [-0.25, -0.2) is 14.8 Å². The van der Waals surface area contributed by atoms with Crippen molar-refractivity contribution in [3.63, 3.8) is 0 Å². The van der Waals surface area contributed by atoms with Gasteiger partial charge in [0.05, 0.1) is 24.2 Å². The van der Waals surface area contributed by atoms with E-state index in [9.17, 15) is 36.2 Å². The fraction of sp³-hybridized carbons (Fsp3) is 0.400. The van der Waals surface area contributed by atoms with Gasteiger partial charge in [-0.3, -0.25) is 4.57 Å². The van der Waals surface area contributed by atoms with Crippen LogP contribution in [0, 0.1) is 5.92 Å². The highest BCUT2D eigenvalue weighted by atomic mass is 19.4. The zero-order valence-electron chi connectivity index (χ0n) is 24.4. The number of hydrogen-bond acceptors (Lipinski definition) is 9. The molecule has 3 aromatic heterocycles. The molecule has 2 fully saturated rings. The van der Waals surface area contributed by atoms with Crippen LogP contribution in [0.1, 0.15) is 31.6 Å². The summed E-state index contributed by atoms with van der Waals surface area (Å²) in [7, 11) is 0. The minimum atomic E-state index is -4.95. The molecule has 7 rings (SSSR count). The van der Waals surface area contributed by atoms with Crippen LogP contribution in [0.3, 0.4) is 0 Å². The number of benzene rings is 2. The quantitative estimate of drug-likeness (QED) is 0.205. The van der Waals surface area contributed by atoms with Crippen LogP contribution in [0.4, 0.5) is 32.2 Å². The number of ether oxygens (including phenoxy) is 3. The second-order valence-corrected chi connectivity index (χ2v) is 11.5. The van der Waals surface area contributed by atoms with Gasteiger partial charge < -0.3 is 28.6 Å². The number of alkyl halides is 6. The number of anilines is 1. The third kappa shape index (κ3) is 5.72. The number of imidazole rings is 1. The summed E-state index contributed by atoms with van der Waals surface area (Å²) in [5, 5.41) is 10.5. The van der Waals surface area contributed by atoms with Gasteiger partial charge in [0.1, 0.15) is 29.0 Å². The van der Waals surface area contributed by atoms with Gasteiger partial charge in [-0.15, -0.1) is 13.2 Å². The zero-order valence-corrected chi connectivity index (χ0v) is 24.4. The summed E-state index contributed by atoms with van der Waals surface area (Å²) in [4.78, 5) is 25.6. The van der Waals surface area contributed by atoms with Crippen molar-refractivity contribution in [3.05, 3.63) is 48.3 Å². The van der Waals surface area contributed by atoms with Crippen LogP contribution >= 0.6 is 0 Å². The molecule has 0 saturated carbocycles. The first-order chi connectivity index (χ1) is 22.3. The lowest BCUT2D eigenvalue weighted by molar-refractivity contribution is -0.274. The van der Waals surface area contributed by atoms with Crippen molar-refractivity contribution in [2.75, 3.05) is 24.7 Å². The molecule has 0 amide bonds. The van der Waals surface area contributed by atoms with Gasteiger partial charge in [0.15, 0.2) is 11.4 Å². The highest BCUT2D eigenvalue weighted by molar-refractivity contribution is 6.06. The normalized spacial score (nSPS) is 22.4. The number of carbonyl (C=O) groups is 1. The van der Waals surface area contributed by atoms with Crippen molar-refractivity contribution in [1.29, 1.82) is 0 Å². The van der Waals surface area contributed by atoms with Gasteiger partial charge in [0.2, 0.25) is 5.82 Å². The van der Waals surface area contributed by atoms with E-state index in [0.717, 1.165) is 12.1 Å². The van der Waals surface area contributed by atoms with Crippen molar-refractivity contribution in [1.82, 2.24) is 19.5 Å². The first-order valence-corrected chi connectivity index (χ1v) is 14.5. The molecule has 2 aliphatic heterocycles. The van der Waals surface area contributed by atoms with Gasteiger partial charge >= 0.3 is 18.5 Å². The minimum Gasteiger partial charge on any atom is -0.480 e. The predicted molar refractivity (Wildman–Crippen MR) is 152 cm³/mol. The summed E-state index contributed by atoms with van der Waals surface area (Å²) in [6.45, 7) is 2.52. The smallest absolute Gasteiger partial charge is 0.480 e. The number of halogens is 6. The Labute approximate surface area is 260 Å². The van der Waals surface area contributed by atoms with Crippen LogP contribution in [-0.2, 0) is 15.7 Å². The van der Waals surface area contributed by atoms with Crippen LogP contribution in [0.25, 0.3) is 33.1 Å². The van der Waals surface area contributed by atoms with Gasteiger partial charge in [-0.05, 0) is 30.7 Å². The second kappa shape index (κ2) is 11.2. The Morgan fingerprint density at radius 3 is 2.57 bits per heavy atom. The number of para-hydroxylation sites is 1. The average molecular weight is 666 g/mol. The molecule has 4 atom stereocenters. The summed E-state index contributed by atoms with van der Waals surface area (Å²) in [6, 6.07) is 8.42. The van der Waals surface area contributed by atoms with Crippen molar-refractivity contribution < 1.29 is 54.9 Å². The molecule has 17 heteroatoms. The zero-order chi connectivity index (χ0) is 33.2. The number of carboxylic acid groups (broad SMARTS) is 1. The van der Waals surface area contributed by atoms with Gasteiger partial charge in [-0.2, -0.15) is 18.2 Å². The molecule has 5 aromatic rings. The molecule has 2 saturated heterocycles. The number of nitrogens with zero attached hydrogens (tertiary/aromatic N) is 5. The first kappa shape index (κ1) is 30.8. The monoisotopic (exact) mass is 665 g/mol. The van der Waals surface area contributed by atoms with E-state index in [0.29, 0.717) is 30.5 Å². The third-order valence-corrected chi connectivity index (χ3v) is 8.34.